The maximum absolute atomic E-state index is 10.6. The highest BCUT2D eigenvalue weighted by molar-refractivity contribution is 8.00. The zero-order valence-electron chi connectivity index (χ0n) is 34.9. The number of likely N-dealkylation sites (tertiary alicyclic amines) is 2. The lowest BCUT2D eigenvalue weighted by Crippen LogP contribution is -2.70. The van der Waals surface area contributed by atoms with Gasteiger partial charge in [0.05, 0.1) is 36.2 Å². The number of nitrogens with one attached hydrogen (secondary N) is 2. The minimum Gasteiger partial charge on any atom is -0.302 e. The molecule has 11 fully saturated rings. The second-order valence-corrected chi connectivity index (χ2v) is 23.3. The van der Waals surface area contributed by atoms with Crippen molar-refractivity contribution in [2.24, 2.45) is 65.1 Å². The van der Waals surface area contributed by atoms with E-state index in [-0.39, 0.29) is 35.9 Å². The molecule has 19 unspecified atom stereocenters. The van der Waals surface area contributed by atoms with E-state index in [0.717, 1.165) is 77.9 Å². The Kier molecular flexibility index (Phi) is 10.9. The number of hydrogen-bond acceptors (Lipinski definition) is 8. The van der Waals surface area contributed by atoms with Crippen molar-refractivity contribution < 1.29 is 0 Å². The molecule has 4 aliphatic heterocycles. The normalized spacial score (nSPS) is 53.7. The van der Waals surface area contributed by atoms with Gasteiger partial charge in [-0.25, -0.2) is 0 Å². The molecule has 11 aliphatic rings. The summed E-state index contributed by atoms with van der Waals surface area (Å²) in [6.07, 6.45) is 32.7. The van der Waals surface area contributed by atoms with Gasteiger partial charge in [-0.15, -0.1) is 0 Å². The maximum atomic E-state index is 10.6. The van der Waals surface area contributed by atoms with Gasteiger partial charge in [0, 0.05) is 70.5 Å². The number of thioether (sulfide) groups is 1. The summed E-state index contributed by atoms with van der Waals surface area (Å²) < 4.78 is 0. The largest absolute Gasteiger partial charge is 0.302 e. The van der Waals surface area contributed by atoms with Crippen LogP contribution in [-0.4, -0.2) is 75.3 Å². The van der Waals surface area contributed by atoms with Crippen LogP contribution in [0.15, 0.2) is 0 Å². The number of rotatable bonds is 4. The van der Waals surface area contributed by atoms with E-state index in [2.05, 4.69) is 50.4 Å². The number of nitrogens with zero attached hydrogens (tertiary/aromatic N) is 5. The van der Waals surface area contributed by atoms with E-state index in [9.17, 15) is 15.8 Å². The standard InChI is InChI=1S/C49H73N7S/c50-26-29-23-30(27-51)45(31(24-29)28-52)38-21-22-53-49(54-38)37-25-43(55-39-16-6-1-11-32(39)33-12-2-7-17-40(33)55)46-36-15-5-10-20-44(36)57-48(46)47(37)56-41-18-8-3-13-34(41)35-14-4-9-19-42(35)56/h29-49,53-54H,1-25H2. The van der Waals surface area contributed by atoms with Gasteiger partial charge in [-0.3, -0.25) is 15.1 Å². The molecule has 19 atom stereocenters. The quantitative estimate of drug-likeness (QED) is 0.291. The average molecular weight is 792 g/mol. The van der Waals surface area contributed by atoms with Crippen molar-refractivity contribution >= 4 is 11.8 Å². The van der Waals surface area contributed by atoms with Crippen LogP contribution >= 0.6 is 11.8 Å². The van der Waals surface area contributed by atoms with Gasteiger partial charge < -0.3 is 5.32 Å². The average Bonchev–Trinajstić information content (AvgIpc) is 3.94. The van der Waals surface area contributed by atoms with Crippen molar-refractivity contribution in [1.29, 1.82) is 15.8 Å². The summed E-state index contributed by atoms with van der Waals surface area (Å²) in [5.41, 5.74) is 0. The zero-order valence-corrected chi connectivity index (χ0v) is 35.8. The number of hydrogen-bond donors (Lipinski definition) is 2. The van der Waals surface area contributed by atoms with Crippen LogP contribution in [0.2, 0.25) is 0 Å². The van der Waals surface area contributed by atoms with Gasteiger partial charge in [0.2, 0.25) is 0 Å². The van der Waals surface area contributed by atoms with E-state index in [4.69, 9.17) is 0 Å². The summed E-state index contributed by atoms with van der Waals surface area (Å²) in [6.45, 7) is 0.967. The van der Waals surface area contributed by atoms with E-state index in [1.807, 2.05) is 0 Å². The first-order chi connectivity index (χ1) is 28.2. The van der Waals surface area contributed by atoms with Crippen LogP contribution < -0.4 is 10.6 Å². The van der Waals surface area contributed by atoms with E-state index < -0.39 is 0 Å². The summed E-state index contributed by atoms with van der Waals surface area (Å²) in [5.74, 6) is 5.30. The van der Waals surface area contributed by atoms with Crippen LogP contribution in [0.1, 0.15) is 154 Å². The first-order valence-corrected chi connectivity index (χ1v) is 26.0. The third kappa shape index (κ3) is 6.42. The van der Waals surface area contributed by atoms with Gasteiger partial charge in [0.25, 0.3) is 0 Å². The van der Waals surface area contributed by atoms with Gasteiger partial charge >= 0.3 is 0 Å². The van der Waals surface area contributed by atoms with Crippen LogP contribution in [0.3, 0.4) is 0 Å². The third-order valence-corrected chi connectivity index (χ3v) is 21.6. The molecular weight excluding hydrogens is 719 g/mol. The lowest BCUT2D eigenvalue weighted by molar-refractivity contribution is -0.0634. The molecule has 4 heterocycles. The number of nitriles is 3. The van der Waals surface area contributed by atoms with Crippen molar-refractivity contribution in [3.8, 4) is 18.2 Å². The van der Waals surface area contributed by atoms with Gasteiger partial charge in [0.15, 0.2) is 0 Å². The highest BCUT2D eigenvalue weighted by atomic mass is 32.2. The molecule has 0 aromatic carbocycles. The lowest BCUT2D eigenvalue weighted by Gasteiger charge is -2.58. The molecule has 0 bridgehead atoms. The van der Waals surface area contributed by atoms with E-state index >= 15 is 0 Å². The number of fused-ring (bicyclic) bond motifs is 9. The van der Waals surface area contributed by atoms with Gasteiger partial charge in [-0.2, -0.15) is 27.5 Å². The summed E-state index contributed by atoms with van der Waals surface area (Å²) in [6, 6.07) is 12.4. The Morgan fingerprint density at radius 3 is 1.53 bits per heavy atom. The SMILES string of the molecule is N#CC1CC(C#N)C(C2CCNC(C3CC(N4C5CCCCC5C5CCCCC54)C4C5CCCCC5SC4C3N3C4CCCCC4C4CCCCC43)N2)C(C#N)C1. The molecule has 7 nitrogen and oxygen atoms in total. The zero-order chi connectivity index (χ0) is 38.2. The fourth-order valence-electron chi connectivity index (χ4n) is 18.0. The highest BCUT2D eigenvalue weighted by Gasteiger charge is 2.65. The first kappa shape index (κ1) is 38.6. The molecule has 310 valence electrons. The summed E-state index contributed by atoms with van der Waals surface area (Å²) in [4.78, 5) is 6.72. The molecule has 7 saturated carbocycles. The van der Waals surface area contributed by atoms with Crippen LogP contribution in [0, 0.1) is 99.1 Å². The third-order valence-electron chi connectivity index (χ3n) is 19.8. The minimum atomic E-state index is -0.224. The van der Waals surface area contributed by atoms with Crippen LogP contribution in [0.25, 0.3) is 0 Å². The predicted molar refractivity (Wildman–Crippen MR) is 226 cm³/mol. The molecule has 11 rings (SSSR count). The van der Waals surface area contributed by atoms with Gasteiger partial charge in [0.1, 0.15) is 0 Å². The summed E-state index contributed by atoms with van der Waals surface area (Å²) in [5, 5.41) is 41.2. The lowest BCUT2D eigenvalue weighted by atomic mass is 9.63. The molecular formula is C49H73N7S. The molecule has 7 aliphatic carbocycles. The Hall–Kier alpha value is -1.34. The molecule has 2 N–H and O–H groups in total. The molecule has 0 aromatic heterocycles. The molecule has 0 radical (unpaired) electrons. The van der Waals surface area contributed by atoms with Crippen molar-refractivity contribution in [3.63, 3.8) is 0 Å². The van der Waals surface area contributed by atoms with Crippen LogP contribution in [0.4, 0.5) is 0 Å². The second kappa shape index (κ2) is 16.2. The second-order valence-electron chi connectivity index (χ2n) is 21.9. The van der Waals surface area contributed by atoms with Gasteiger partial charge in [-0.1, -0.05) is 64.2 Å². The van der Waals surface area contributed by atoms with Crippen LogP contribution in [0.5, 0.6) is 0 Å². The van der Waals surface area contributed by atoms with Crippen molar-refractivity contribution in [2.75, 3.05) is 6.54 Å². The molecule has 8 heteroatoms. The molecule has 0 amide bonds. The minimum absolute atomic E-state index is 0.00493. The smallest absolute Gasteiger partial charge is 0.0660 e. The van der Waals surface area contributed by atoms with E-state index in [0.29, 0.717) is 36.1 Å². The summed E-state index contributed by atoms with van der Waals surface area (Å²) in [7, 11) is 0. The van der Waals surface area contributed by atoms with E-state index in [1.165, 1.54) is 135 Å². The van der Waals surface area contributed by atoms with Gasteiger partial charge in [-0.05, 0) is 132 Å². The first-order valence-electron chi connectivity index (χ1n) is 25.1. The van der Waals surface area contributed by atoms with Crippen molar-refractivity contribution in [3.05, 3.63) is 0 Å². The van der Waals surface area contributed by atoms with Crippen LogP contribution in [-0.2, 0) is 0 Å². The molecule has 0 spiro atoms. The molecule has 0 aromatic rings. The molecule has 4 saturated heterocycles. The van der Waals surface area contributed by atoms with E-state index in [1.54, 1.807) is 0 Å². The van der Waals surface area contributed by atoms with Crippen molar-refractivity contribution in [2.45, 2.75) is 213 Å². The fourth-order valence-corrected chi connectivity index (χ4v) is 20.3. The fraction of sp³-hybridized carbons (Fsp3) is 0.939. The van der Waals surface area contributed by atoms with Crippen molar-refractivity contribution in [1.82, 2.24) is 20.4 Å². The Labute approximate surface area is 349 Å². The topological polar surface area (TPSA) is 102 Å². The Morgan fingerprint density at radius 1 is 0.474 bits per heavy atom. The summed E-state index contributed by atoms with van der Waals surface area (Å²) >= 11 is 2.54. The Balaban J connectivity index is 1.01. The predicted octanol–water partition coefficient (Wildman–Crippen LogP) is 9.01. The monoisotopic (exact) mass is 792 g/mol. The molecule has 57 heavy (non-hydrogen) atoms. The Bertz CT molecular complexity index is 1520. The maximum Gasteiger partial charge on any atom is 0.0660 e. The Morgan fingerprint density at radius 2 is 0.982 bits per heavy atom. The highest BCUT2D eigenvalue weighted by Crippen LogP contribution is 2.63.